The average Bonchev–Trinajstić information content (AvgIpc) is 3.10. The summed E-state index contributed by atoms with van der Waals surface area (Å²) in [5.74, 6) is 0. The van der Waals surface area contributed by atoms with Gasteiger partial charge in [0.25, 0.3) is 0 Å². The lowest BCUT2D eigenvalue weighted by molar-refractivity contribution is 0.0285. The highest BCUT2D eigenvalue weighted by molar-refractivity contribution is 6.30. The van der Waals surface area contributed by atoms with E-state index >= 15 is 0 Å². The van der Waals surface area contributed by atoms with Gasteiger partial charge in [-0.15, -0.1) is 0 Å². The van der Waals surface area contributed by atoms with Gasteiger partial charge < -0.3 is 15.2 Å². The van der Waals surface area contributed by atoms with Crippen LogP contribution in [0.1, 0.15) is 25.3 Å². The van der Waals surface area contributed by atoms with E-state index in [4.69, 9.17) is 16.3 Å². The number of hydrogen-bond donors (Lipinski definition) is 2. The predicted molar refractivity (Wildman–Crippen MR) is 77.3 cm³/mol. The van der Waals surface area contributed by atoms with Gasteiger partial charge in [0, 0.05) is 18.1 Å². The van der Waals surface area contributed by atoms with Crippen LogP contribution < -0.4 is 5.32 Å². The minimum atomic E-state index is -0.449. The summed E-state index contributed by atoms with van der Waals surface area (Å²) >= 11 is 5.81. The van der Waals surface area contributed by atoms with Crippen LogP contribution >= 0.6 is 11.6 Å². The van der Waals surface area contributed by atoms with Gasteiger partial charge in [-0.1, -0.05) is 30.7 Å². The first-order valence-corrected chi connectivity index (χ1v) is 7.16. The number of hydrogen-bond acceptors (Lipinski definition) is 3. The minimum Gasteiger partial charge on any atom is -0.389 e. The fourth-order valence-corrected chi connectivity index (χ4v) is 2.01. The van der Waals surface area contributed by atoms with Gasteiger partial charge in [-0.2, -0.15) is 0 Å². The quantitative estimate of drug-likeness (QED) is 0.771. The first-order chi connectivity index (χ1) is 9.07. The molecular formula is C15H22ClNO2. The molecule has 4 heteroatoms. The molecular weight excluding hydrogens is 262 g/mol. The lowest BCUT2D eigenvalue weighted by atomic mass is 10.1. The molecule has 1 unspecified atom stereocenters. The molecule has 0 aliphatic heterocycles. The van der Waals surface area contributed by atoms with Crippen molar-refractivity contribution in [3.8, 4) is 0 Å². The van der Waals surface area contributed by atoms with E-state index in [0.717, 1.165) is 17.1 Å². The molecule has 106 valence electrons. The van der Waals surface area contributed by atoms with E-state index in [1.54, 1.807) is 0 Å². The Hall–Kier alpha value is -0.610. The summed E-state index contributed by atoms with van der Waals surface area (Å²) in [6, 6.07) is 7.55. The summed E-state index contributed by atoms with van der Waals surface area (Å²) in [7, 11) is 0. The number of nitrogens with one attached hydrogen (secondary N) is 1. The molecule has 1 aromatic rings. The Bertz CT molecular complexity index is 390. The molecule has 0 bridgehead atoms. The number of ether oxygens (including phenoxy) is 1. The Morgan fingerprint density at radius 1 is 1.37 bits per heavy atom. The second kappa shape index (κ2) is 6.71. The normalized spacial score (nSPS) is 18.3. The van der Waals surface area contributed by atoms with Gasteiger partial charge in [-0.25, -0.2) is 0 Å². The van der Waals surface area contributed by atoms with Crippen molar-refractivity contribution >= 4 is 11.6 Å². The topological polar surface area (TPSA) is 41.5 Å². The van der Waals surface area contributed by atoms with Crippen LogP contribution in [0.15, 0.2) is 24.3 Å². The maximum absolute atomic E-state index is 9.78. The molecule has 1 aromatic carbocycles. The van der Waals surface area contributed by atoms with Crippen LogP contribution in [0.4, 0.5) is 0 Å². The van der Waals surface area contributed by atoms with Crippen molar-refractivity contribution in [2.24, 2.45) is 5.41 Å². The number of benzene rings is 1. The van der Waals surface area contributed by atoms with Crippen molar-refractivity contribution in [3.63, 3.8) is 0 Å². The Labute approximate surface area is 119 Å². The Morgan fingerprint density at radius 2 is 2.05 bits per heavy atom. The van der Waals surface area contributed by atoms with Crippen LogP contribution in [0.3, 0.4) is 0 Å². The zero-order chi connectivity index (χ0) is 13.7. The van der Waals surface area contributed by atoms with Gasteiger partial charge in [0.1, 0.15) is 0 Å². The third-order valence-corrected chi connectivity index (χ3v) is 3.78. The third-order valence-electron chi connectivity index (χ3n) is 3.53. The number of aliphatic hydroxyl groups excluding tert-OH is 1. The molecule has 19 heavy (non-hydrogen) atoms. The molecule has 0 aromatic heterocycles. The van der Waals surface area contributed by atoms with Gasteiger partial charge in [0.05, 0.1) is 19.3 Å². The second-order valence-corrected chi connectivity index (χ2v) is 6.17. The molecule has 1 atom stereocenters. The molecule has 1 aliphatic carbocycles. The molecule has 3 nitrogen and oxygen atoms in total. The Balaban J connectivity index is 1.55. The maximum atomic E-state index is 9.78. The maximum Gasteiger partial charge on any atom is 0.0897 e. The molecule has 1 fully saturated rings. The SMILES string of the molecule is CC1(CNCC(O)COCc2ccc(Cl)cc2)CC1. The third kappa shape index (κ3) is 5.49. The van der Waals surface area contributed by atoms with E-state index in [2.05, 4.69) is 12.2 Å². The van der Waals surface area contributed by atoms with Gasteiger partial charge in [0.15, 0.2) is 0 Å². The van der Waals surface area contributed by atoms with E-state index in [-0.39, 0.29) is 0 Å². The fraction of sp³-hybridized carbons (Fsp3) is 0.600. The summed E-state index contributed by atoms with van der Waals surface area (Å²) < 4.78 is 5.49. The summed E-state index contributed by atoms with van der Waals surface area (Å²) in [6.07, 6.45) is 2.14. The summed E-state index contributed by atoms with van der Waals surface area (Å²) in [6.45, 7) is 4.71. The second-order valence-electron chi connectivity index (χ2n) is 5.74. The number of aliphatic hydroxyl groups is 1. The van der Waals surface area contributed by atoms with Crippen molar-refractivity contribution in [3.05, 3.63) is 34.9 Å². The van der Waals surface area contributed by atoms with Gasteiger partial charge >= 0.3 is 0 Å². The lowest BCUT2D eigenvalue weighted by Gasteiger charge is -2.14. The molecule has 0 radical (unpaired) electrons. The van der Waals surface area contributed by atoms with E-state index in [1.165, 1.54) is 12.8 Å². The van der Waals surface area contributed by atoms with Crippen molar-refractivity contribution in [1.82, 2.24) is 5.32 Å². The zero-order valence-electron chi connectivity index (χ0n) is 11.4. The number of rotatable bonds is 8. The van der Waals surface area contributed by atoms with E-state index in [1.807, 2.05) is 24.3 Å². The zero-order valence-corrected chi connectivity index (χ0v) is 12.1. The molecule has 1 aliphatic rings. The van der Waals surface area contributed by atoms with Crippen LogP contribution in [0.5, 0.6) is 0 Å². The van der Waals surface area contributed by atoms with E-state index < -0.39 is 6.10 Å². The Morgan fingerprint density at radius 3 is 2.68 bits per heavy atom. The van der Waals surface area contributed by atoms with Crippen molar-refractivity contribution in [1.29, 1.82) is 0 Å². The molecule has 0 saturated heterocycles. The standard InChI is InChI=1S/C15H22ClNO2/c1-15(6-7-15)11-17-8-14(18)10-19-9-12-2-4-13(16)5-3-12/h2-5,14,17-18H,6-11H2,1H3. The largest absolute Gasteiger partial charge is 0.389 e. The van der Waals surface area contributed by atoms with E-state index in [0.29, 0.717) is 25.2 Å². The first kappa shape index (κ1) is 14.8. The van der Waals surface area contributed by atoms with Crippen molar-refractivity contribution in [2.45, 2.75) is 32.5 Å². The molecule has 0 heterocycles. The van der Waals surface area contributed by atoms with Crippen LogP contribution in [0.25, 0.3) is 0 Å². The van der Waals surface area contributed by atoms with E-state index in [9.17, 15) is 5.11 Å². The molecule has 2 N–H and O–H groups in total. The van der Waals surface area contributed by atoms with Crippen LogP contribution in [0, 0.1) is 5.41 Å². The minimum absolute atomic E-state index is 0.354. The van der Waals surface area contributed by atoms with Crippen LogP contribution in [0.2, 0.25) is 5.02 Å². The average molecular weight is 284 g/mol. The summed E-state index contributed by atoms with van der Waals surface area (Å²) in [4.78, 5) is 0. The van der Waals surface area contributed by atoms with Gasteiger partial charge in [-0.05, 0) is 36.0 Å². The van der Waals surface area contributed by atoms with Crippen LogP contribution in [-0.2, 0) is 11.3 Å². The van der Waals surface area contributed by atoms with Crippen LogP contribution in [-0.4, -0.2) is 30.9 Å². The monoisotopic (exact) mass is 283 g/mol. The molecule has 0 amide bonds. The smallest absolute Gasteiger partial charge is 0.0897 e. The first-order valence-electron chi connectivity index (χ1n) is 6.78. The molecule has 0 spiro atoms. The molecule has 1 saturated carbocycles. The predicted octanol–water partition coefficient (Wildman–Crippen LogP) is 2.61. The van der Waals surface area contributed by atoms with Gasteiger partial charge in [-0.3, -0.25) is 0 Å². The summed E-state index contributed by atoms with van der Waals surface area (Å²) in [5, 5.41) is 13.8. The van der Waals surface area contributed by atoms with Crippen molar-refractivity contribution < 1.29 is 9.84 Å². The number of halogens is 1. The summed E-state index contributed by atoms with van der Waals surface area (Å²) in [5.41, 5.74) is 1.54. The highest BCUT2D eigenvalue weighted by atomic mass is 35.5. The Kier molecular flexibility index (Phi) is 5.22. The fourth-order valence-electron chi connectivity index (χ4n) is 1.88. The van der Waals surface area contributed by atoms with Gasteiger partial charge in [0.2, 0.25) is 0 Å². The van der Waals surface area contributed by atoms with Crippen molar-refractivity contribution in [2.75, 3.05) is 19.7 Å². The molecule has 2 rings (SSSR count). The lowest BCUT2D eigenvalue weighted by Crippen LogP contribution is -2.33. The highest BCUT2D eigenvalue weighted by Gasteiger charge is 2.36. The highest BCUT2D eigenvalue weighted by Crippen LogP contribution is 2.43.